The van der Waals surface area contributed by atoms with Crippen molar-refractivity contribution in [1.82, 2.24) is 4.98 Å². The summed E-state index contributed by atoms with van der Waals surface area (Å²) in [6, 6.07) is 3.73. The van der Waals surface area contributed by atoms with Crippen LogP contribution in [-0.4, -0.2) is 4.98 Å². The van der Waals surface area contributed by atoms with Crippen LogP contribution in [0.3, 0.4) is 0 Å². The normalized spacial score (nSPS) is 9.25. The van der Waals surface area contributed by atoms with E-state index in [0.717, 1.165) is 10.2 Å². The van der Waals surface area contributed by atoms with Gasteiger partial charge in [-0.05, 0) is 19.1 Å². The van der Waals surface area contributed by atoms with Crippen LogP contribution in [0.2, 0.25) is 0 Å². The van der Waals surface area contributed by atoms with E-state index in [1.807, 2.05) is 13.0 Å². The third kappa shape index (κ3) is 1.30. The number of nitrogens with zero attached hydrogens (tertiary/aromatic N) is 1. The van der Waals surface area contributed by atoms with Crippen LogP contribution in [0.15, 0.2) is 16.6 Å². The molecule has 1 nitrogen and oxygen atoms in total. The molecule has 1 radical (unpaired) electrons. The molecule has 0 saturated carbocycles. The first-order valence-electron chi connectivity index (χ1n) is 2.29. The van der Waals surface area contributed by atoms with Crippen molar-refractivity contribution in [2.24, 2.45) is 0 Å². The van der Waals surface area contributed by atoms with Gasteiger partial charge in [-0.1, -0.05) is 15.9 Å². The molecule has 0 atom stereocenters. The van der Waals surface area contributed by atoms with Crippen molar-refractivity contribution in [3.8, 4) is 0 Å². The molecule has 41 valence electrons. The topological polar surface area (TPSA) is 12.9 Å². The molecule has 1 aromatic rings. The van der Waals surface area contributed by atoms with Gasteiger partial charge < -0.3 is 0 Å². The summed E-state index contributed by atoms with van der Waals surface area (Å²) in [6.45, 7) is 1.93. The highest BCUT2D eigenvalue weighted by Gasteiger charge is 1.84. The van der Waals surface area contributed by atoms with Gasteiger partial charge in [0.15, 0.2) is 0 Å². The average molecular weight is 171 g/mol. The zero-order valence-electron chi connectivity index (χ0n) is 4.48. The lowest BCUT2D eigenvalue weighted by Crippen LogP contribution is -1.76. The maximum Gasteiger partial charge on any atom is 0.0901 e. The highest BCUT2D eigenvalue weighted by molar-refractivity contribution is 9.10. The SMILES string of the molecule is Cc1cc(Br)c[c]n1. The summed E-state index contributed by atoms with van der Waals surface area (Å²) in [5.41, 5.74) is 0.986. The van der Waals surface area contributed by atoms with Gasteiger partial charge in [-0.3, -0.25) is 4.98 Å². The minimum Gasteiger partial charge on any atom is -0.251 e. The summed E-state index contributed by atoms with van der Waals surface area (Å²) in [5, 5.41) is 0. The van der Waals surface area contributed by atoms with E-state index in [4.69, 9.17) is 0 Å². The number of aryl methyl sites for hydroxylation is 1. The minimum absolute atomic E-state index is 0.986. The Kier molecular flexibility index (Phi) is 1.63. The summed E-state index contributed by atoms with van der Waals surface area (Å²) in [4.78, 5) is 3.88. The zero-order chi connectivity index (χ0) is 5.98. The molecule has 0 N–H and O–H groups in total. The maximum atomic E-state index is 3.88. The van der Waals surface area contributed by atoms with Crippen molar-refractivity contribution < 1.29 is 0 Å². The van der Waals surface area contributed by atoms with Crippen molar-refractivity contribution in [2.75, 3.05) is 0 Å². The van der Waals surface area contributed by atoms with Crippen LogP contribution in [0.1, 0.15) is 5.69 Å². The molecule has 0 spiro atoms. The molecule has 2 heteroatoms. The van der Waals surface area contributed by atoms with E-state index in [0.29, 0.717) is 0 Å². The Morgan fingerprint density at radius 2 is 2.50 bits per heavy atom. The molecule has 0 saturated heterocycles. The molecule has 1 heterocycles. The van der Waals surface area contributed by atoms with Crippen LogP contribution in [0.25, 0.3) is 0 Å². The monoisotopic (exact) mass is 170 g/mol. The summed E-state index contributed by atoms with van der Waals surface area (Å²) in [6.07, 6.45) is 2.73. The molecule has 0 bridgehead atoms. The largest absolute Gasteiger partial charge is 0.251 e. The van der Waals surface area contributed by atoms with E-state index in [1.165, 1.54) is 0 Å². The highest BCUT2D eigenvalue weighted by Crippen LogP contribution is 2.06. The van der Waals surface area contributed by atoms with Gasteiger partial charge in [0.2, 0.25) is 0 Å². The van der Waals surface area contributed by atoms with Gasteiger partial charge in [0.05, 0.1) is 6.20 Å². The molecule has 1 rings (SSSR count). The van der Waals surface area contributed by atoms with E-state index in [-0.39, 0.29) is 0 Å². The third-order valence-electron chi connectivity index (χ3n) is 0.790. The van der Waals surface area contributed by atoms with E-state index in [9.17, 15) is 0 Å². The molecule has 1 aromatic heterocycles. The standard InChI is InChI=1S/C6H5BrN/c1-5-4-6(7)2-3-8-5/h2,4H,1H3. The number of hydrogen-bond acceptors (Lipinski definition) is 1. The molecule has 0 fully saturated rings. The summed E-state index contributed by atoms with van der Waals surface area (Å²) in [5.74, 6) is 0. The Morgan fingerprint density at radius 3 is 2.88 bits per heavy atom. The quantitative estimate of drug-likeness (QED) is 0.581. The fraction of sp³-hybridized carbons (Fsp3) is 0.167. The number of halogens is 1. The van der Waals surface area contributed by atoms with Gasteiger partial charge in [-0.2, -0.15) is 0 Å². The van der Waals surface area contributed by atoms with Gasteiger partial charge in [0.25, 0.3) is 0 Å². The fourth-order valence-corrected chi connectivity index (χ4v) is 0.903. The fourth-order valence-electron chi connectivity index (χ4n) is 0.469. The summed E-state index contributed by atoms with van der Waals surface area (Å²) in [7, 11) is 0. The summed E-state index contributed by atoms with van der Waals surface area (Å²) < 4.78 is 1.03. The van der Waals surface area contributed by atoms with E-state index >= 15 is 0 Å². The lowest BCUT2D eigenvalue weighted by molar-refractivity contribution is 1.18. The average Bonchev–Trinajstić information content (AvgIpc) is 1.64. The molecule has 0 aliphatic carbocycles. The minimum atomic E-state index is 0.986. The Hall–Kier alpha value is -0.370. The number of hydrogen-bond donors (Lipinski definition) is 0. The molecule has 0 aliphatic rings. The second kappa shape index (κ2) is 2.27. The van der Waals surface area contributed by atoms with Gasteiger partial charge in [0.1, 0.15) is 0 Å². The maximum absolute atomic E-state index is 3.88. The molecule has 0 aliphatic heterocycles. The molecular formula is C6H5BrN. The van der Waals surface area contributed by atoms with E-state index in [1.54, 1.807) is 6.07 Å². The predicted molar refractivity (Wildman–Crippen MR) is 35.5 cm³/mol. The Morgan fingerprint density at radius 1 is 1.75 bits per heavy atom. The first kappa shape index (κ1) is 5.76. The second-order valence-electron chi connectivity index (χ2n) is 1.56. The number of rotatable bonds is 0. The Labute approximate surface area is 56.9 Å². The van der Waals surface area contributed by atoms with Crippen LogP contribution >= 0.6 is 15.9 Å². The molecule has 0 unspecified atom stereocenters. The smallest absolute Gasteiger partial charge is 0.0901 e. The lowest BCUT2D eigenvalue weighted by Gasteiger charge is -1.87. The molecule has 0 amide bonds. The first-order chi connectivity index (χ1) is 3.79. The number of pyridine rings is 1. The van der Waals surface area contributed by atoms with Gasteiger partial charge in [-0.25, -0.2) is 0 Å². The number of aromatic nitrogens is 1. The Balaban J connectivity index is 3.08. The van der Waals surface area contributed by atoms with E-state index in [2.05, 4.69) is 27.1 Å². The van der Waals surface area contributed by atoms with Crippen molar-refractivity contribution >= 4 is 15.9 Å². The Bertz CT molecular complexity index is 168. The van der Waals surface area contributed by atoms with Gasteiger partial charge >= 0.3 is 0 Å². The molecular weight excluding hydrogens is 166 g/mol. The van der Waals surface area contributed by atoms with Crippen molar-refractivity contribution in [2.45, 2.75) is 6.92 Å². The van der Waals surface area contributed by atoms with Crippen molar-refractivity contribution in [3.05, 3.63) is 28.5 Å². The van der Waals surface area contributed by atoms with Crippen LogP contribution in [0.5, 0.6) is 0 Å². The van der Waals surface area contributed by atoms with Crippen LogP contribution in [-0.2, 0) is 0 Å². The first-order valence-corrected chi connectivity index (χ1v) is 3.08. The zero-order valence-corrected chi connectivity index (χ0v) is 6.07. The molecule has 8 heavy (non-hydrogen) atoms. The van der Waals surface area contributed by atoms with Crippen LogP contribution < -0.4 is 0 Å². The summed E-state index contributed by atoms with van der Waals surface area (Å²) >= 11 is 3.29. The van der Waals surface area contributed by atoms with E-state index < -0.39 is 0 Å². The lowest BCUT2D eigenvalue weighted by atomic mass is 10.4. The predicted octanol–water partition coefficient (Wildman–Crippen LogP) is 1.95. The van der Waals surface area contributed by atoms with Crippen LogP contribution in [0.4, 0.5) is 0 Å². The van der Waals surface area contributed by atoms with Crippen molar-refractivity contribution in [1.29, 1.82) is 0 Å². The van der Waals surface area contributed by atoms with Crippen LogP contribution in [0, 0.1) is 13.1 Å². The second-order valence-corrected chi connectivity index (χ2v) is 2.47. The molecule has 0 aromatic carbocycles. The van der Waals surface area contributed by atoms with Gasteiger partial charge in [0, 0.05) is 10.2 Å². The van der Waals surface area contributed by atoms with Gasteiger partial charge in [-0.15, -0.1) is 0 Å². The third-order valence-corrected chi connectivity index (χ3v) is 1.25. The van der Waals surface area contributed by atoms with Crippen molar-refractivity contribution in [3.63, 3.8) is 0 Å². The highest BCUT2D eigenvalue weighted by atomic mass is 79.9.